The SMILES string of the molecule is Cc1ccc(-c2ccccc2[C@@H](C)OC[C@H](O)CNC(C)(C)Cc2ccc(C)c(F)c2)cc1C. The van der Waals surface area contributed by atoms with Gasteiger partial charge in [-0.05, 0) is 93.0 Å². The standard InChI is InChI=1S/C30H38FNO2/c1-20-12-14-25(15-22(20)3)28-10-8-7-9-27(28)23(4)34-19-26(33)18-32-30(5,6)17-24-13-11-21(2)29(31)16-24/h7-16,23,26,32-33H,17-19H2,1-6H3/t23-,26-/m1/s1. The predicted octanol–water partition coefficient (Wildman–Crippen LogP) is 6.47. The van der Waals surface area contributed by atoms with Crippen molar-refractivity contribution in [2.45, 2.75) is 65.7 Å². The molecule has 0 radical (unpaired) electrons. The van der Waals surface area contributed by atoms with Gasteiger partial charge >= 0.3 is 0 Å². The Morgan fingerprint density at radius 2 is 1.65 bits per heavy atom. The van der Waals surface area contributed by atoms with Crippen LogP contribution in [0.3, 0.4) is 0 Å². The van der Waals surface area contributed by atoms with E-state index in [1.54, 1.807) is 19.1 Å². The van der Waals surface area contributed by atoms with Crippen LogP contribution < -0.4 is 5.32 Å². The van der Waals surface area contributed by atoms with Gasteiger partial charge in [0.15, 0.2) is 0 Å². The Bertz CT molecular complexity index is 1110. The van der Waals surface area contributed by atoms with Crippen molar-refractivity contribution in [2.24, 2.45) is 0 Å². The zero-order valence-electron chi connectivity index (χ0n) is 21.3. The smallest absolute Gasteiger partial charge is 0.126 e. The summed E-state index contributed by atoms with van der Waals surface area (Å²) in [6.07, 6.45) is -0.140. The zero-order valence-corrected chi connectivity index (χ0v) is 21.3. The van der Waals surface area contributed by atoms with Crippen LogP contribution in [-0.2, 0) is 11.2 Å². The third-order valence-corrected chi connectivity index (χ3v) is 6.45. The van der Waals surface area contributed by atoms with E-state index >= 15 is 0 Å². The summed E-state index contributed by atoms with van der Waals surface area (Å²) in [5, 5.41) is 14.0. The lowest BCUT2D eigenvalue weighted by atomic mass is 9.94. The minimum Gasteiger partial charge on any atom is -0.389 e. The molecule has 0 aliphatic rings. The average Bonchev–Trinajstić information content (AvgIpc) is 2.80. The Labute approximate surface area is 204 Å². The maximum absolute atomic E-state index is 13.9. The van der Waals surface area contributed by atoms with Gasteiger partial charge in [0.25, 0.3) is 0 Å². The quantitative estimate of drug-likeness (QED) is 0.362. The molecule has 0 spiro atoms. The van der Waals surface area contributed by atoms with Crippen molar-refractivity contribution in [1.29, 1.82) is 0 Å². The number of halogens is 1. The van der Waals surface area contributed by atoms with E-state index in [2.05, 4.69) is 63.3 Å². The molecule has 3 aromatic carbocycles. The summed E-state index contributed by atoms with van der Waals surface area (Å²) in [7, 11) is 0. The van der Waals surface area contributed by atoms with Crippen LogP contribution in [-0.4, -0.2) is 29.9 Å². The second kappa shape index (κ2) is 11.3. The fourth-order valence-electron chi connectivity index (χ4n) is 4.14. The Hall–Kier alpha value is -2.53. The molecule has 4 heteroatoms. The summed E-state index contributed by atoms with van der Waals surface area (Å²) in [4.78, 5) is 0. The first-order valence-corrected chi connectivity index (χ1v) is 12.0. The van der Waals surface area contributed by atoms with Gasteiger partial charge in [-0.1, -0.05) is 54.6 Å². The molecule has 182 valence electrons. The second-order valence-corrected chi connectivity index (χ2v) is 10.0. The Morgan fingerprint density at radius 1 is 0.941 bits per heavy atom. The fourth-order valence-corrected chi connectivity index (χ4v) is 4.14. The van der Waals surface area contributed by atoms with Crippen LogP contribution in [0.4, 0.5) is 4.39 Å². The van der Waals surface area contributed by atoms with Crippen LogP contribution in [0.2, 0.25) is 0 Å². The van der Waals surface area contributed by atoms with Crippen molar-refractivity contribution >= 4 is 0 Å². The average molecular weight is 464 g/mol. The molecule has 0 saturated heterocycles. The van der Waals surface area contributed by atoms with Gasteiger partial charge in [-0.2, -0.15) is 0 Å². The topological polar surface area (TPSA) is 41.5 Å². The van der Waals surface area contributed by atoms with E-state index in [4.69, 9.17) is 4.74 Å². The molecule has 2 atom stereocenters. The van der Waals surface area contributed by atoms with Crippen molar-refractivity contribution in [3.8, 4) is 11.1 Å². The number of ether oxygens (including phenoxy) is 1. The van der Waals surface area contributed by atoms with Crippen molar-refractivity contribution in [3.05, 3.63) is 94.3 Å². The van der Waals surface area contributed by atoms with Gasteiger partial charge in [-0.15, -0.1) is 0 Å². The van der Waals surface area contributed by atoms with Gasteiger partial charge in [-0.25, -0.2) is 4.39 Å². The molecule has 0 aromatic heterocycles. The van der Waals surface area contributed by atoms with Crippen LogP contribution in [0, 0.1) is 26.6 Å². The van der Waals surface area contributed by atoms with Crippen LogP contribution >= 0.6 is 0 Å². The van der Waals surface area contributed by atoms with E-state index in [9.17, 15) is 9.50 Å². The number of aryl methyl sites for hydroxylation is 3. The molecule has 0 bridgehead atoms. The predicted molar refractivity (Wildman–Crippen MR) is 139 cm³/mol. The van der Waals surface area contributed by atoms with Gasteiger partial charge in [0.05, 0.1) is 18.8 Å². The van der Waals surface area contributed by atoms with Gasteiger partial charge in [-0.3, -0.25) is 0 Å². The Kier molecular flexibility index (Phi) is 8.64. The number of benzene rings is 3. The molecule has 3 rings (SSSR count). The number of β-amino-alcohol motifs (C(OH)–C–C–N with tert-alkyl or cyclic N) is 1. The largest absolute Gasteiger partial charge is 0.389 e. The number of nitrogens with one attached hydrogen (secondary N) is 1. The van der Waals surface area contributed by atoms with E-state index in [1.165, 1.54) is 16.7 Å². The normalized spacial score (nSPS) is 13.6. The van der Waals surface area contributed by atoms with Gasteiger partial charge in [0.2, 0.25) is 0 Å². The number of aliphatic hydroxyl groups excluding tert-OH is 1. The van der Waals surface area contributed by atoms with Gasteiger partial charge in [0.1, 0.15) is 5.82 Å². The first kappa shape index (κ1) is 26.1. The summed E-state index contributed by atoms with van der Waals surface area (Å²) in [5.41, 5.74) is 7.26. The Balaban J connectivity index is 1.56. The third kappa shape index (κ3) is 6.99. The maximum Gasteiger partial charge on any atom is 0.126 e. The van der Waals surface area contributed by atoms with Crippen LogP contribution in [0.25, 0.3) is 11.1 Å². The lowest BCUT2D eigenvalue weighted by Crippen LogP contribution is -2.46. The van der Waals surface area contributed by atoms with E-state index in [0.717, 1.165) is 16.7 Å². The molecule has 0 saturated carbocycles. The molecule has 0 amide bonds. The molecule has 0 unspecified atom stereocenters. The summed E-state index contributed by atoms with van der Waals surface area (Å²) in [5.74, 6) is -0.184. The van der Waals surface area contributed by atoms with Crippen molar-refractivity contribution in [1.82, 2.24) is 5.32 Å². The highest BCUT2D eigenvalue weighted by Gasteiger charge is 2.21. The second-order valence-electron chi connectivity index (χ2n) is 10.0. The van der Waals surface area contributed by atoms with E-state index in [-0.39, 0.29) is 24.1 Å². The van der Waals surface area contributed by atoms with Gasteiger partial charge in [0, 0.05) is 12.1 Å². The molecule has 3 aromatic rings. The number of aliphatic hydroxyl groups is 1. The third-order valence-electron chi connectivity index (χ3n) is 6.45. The van der Waals surface area contributed by atoms with Crippen molar-refractivity contribution in [3.63, 3.8) is 0 Å². The molecular formula is C30H38FNO2. The minimum absolute atomic E-state index is 0.156. The highest BCUT2D eigenvalue weighted by molar-refractivity contribution is 5.69. The van der Waals surface area contributed by atoms with Crippen molar-refractivity contribution in [2.75, 3.05) is 13.2 Å². The summed E-state index contributed by atoms with van der Waals surface area (Å²) in [6, 6.07) is 20.1. The Morgan fingerprint density at radius 3 is 2.35 bits per heavy atom. The van der Waals surface area contributed by atoms with E-state index < -0.39 is 6.10 Å². The lowest BCUT2D eigenvalue weighted by Gasteiger charge is -2.28. The number of hydrogen-bond acceptors (Lipinski definition) is 3. The molecule has 34 heavy (non-hydrogen) atoms. The summed E-state index contributed by atoms with van der Waals surface area (Å²) in [6.45, 7) is 12.8. The summed E-state index contributed by atoms with van der Waals surface area (Å²) >= 11 is 0. The first-order chi connectivity index (χ1) is 16.1. The van der Waals surface area contributed by atoms with Crippen LogP contribution in [0.5, 0.6) is 0 Å². The molecule has 0 aliphatic heterocycles. The summed E-state index contributed by atoms with van der Waals surface area (Å²) < 4.78 is 20.0. The number of rotatable bonds is 10. The molecular weight excluding hydrogens is 425 g/mol. The molecule has 0 fully saturated rings. The lowest BCUT2D eigenvalue weighted by molar-refractivity contribution is -0.00397. The number of hydrogen-bond donors (Lipinski definition) is 2. The highest BCUT2D eigenvalue weighted by atomic mass is 19.1. The molecule has 2 N–H and O–H groups in total. The van der Waals surface area contributed by atoms with Gasteiger partial charge < -0.3 is 15.2 Å². The molecule has 0 aliphatic carbocycles. The van der Waals surface area contributed by atoms with Crippen molar-refractivity contribution < 1.29 is 14.2 Å². The molecule has 3 nitrogen and oxygen atoms in total. The highest BCUT2D eigenvalue weighted by Crippen LogP contribution is 2.31. The first-order valence-electron chi connectivity index (χ1n) is 12.0. The van der Waals surface area contributed by atoms with E-state index in [1.807, 2.05) is 25.1 Å². The van der Waals surface area contributed by atoms with Crippen LogP contribution in [0.15, 0.2) is 60.7 Å². The monoisotopic (exact) mass is 463 g/mol. The zero-order chi connectivity index (χ0) is 24.9. The fraction of sp³-hybridized carbons (Fsp3) is 0.400. The maximum atomic E-state index is 13.9. The molecule has 0 heterocycles. The minimum atomic E-state index is -0.648. The van der Waals surface area contributed by atoms with E-state index in [0.29, 0.717) is 18.5 Å². The van der Waals surface area contributed by atoms with Crippen LogP contribution in [0.1, 0.15) is 54.7 Å².